The van der Waals surface area contributed by atoms with E-state index in [0.717, 1.165) is 35.0 Å². The molecule has 266 valence electrons. The second-order valence-corrected chi connectivity index (χ2v) is 13.2. The number of likely N-dealkylation sites (tertiary alicyclic amines) is 1. The van der Waals surface area contributed by atoms with Crippen LogP contribution in [-0.2, 0) is 32.0 Å². The molecule has 3 N–H and O–H groups in total. The lowest BCUT2D eigenvalue weighted by molar-refractivity contribution is -0.136. The summed E-state index contributed by atoms with van der Waals surface area (Å²) in [7, 11) is 0. The highest BCUT2D eigenvalue weighted by Gasteiger charge is 2.34. The lowest BCUT2D eigenvalue weighted by Crippen LogP contribution is -2.43. The lowest BCUT2D eigenvalue weighted by Gasteiger charge is -2.24. The zero-order valence-corrected chi connectivity index (χ0v) is 29.5. The number of hydrogen-bond donors (Lipinski definition) is 3. The van der Waals surface area contributed by atoms with E-state index in [-0.39, 0.29) is 48.8 Å². The van der Waals surface area contributed by atoms with Crippen molar-refractivity contribution in [1.82, 2.24) is 14.8 Å². The third-order valence-corrected chi connectivity index (χ3v) is 9.33. The van der Waals surface area contributed by atoms with Gasteiger partial charge in [0.2, 0.25) is 23.6 Å². The number of aromatic nitrogens is 1. The van der Waals surface area contributed by atoms with Gasteiger partial charge in [0.15, 0.2) is 5.78 Å². The van der Waals surface area contributed by atoms with E-state index in [1.54, 1.807) is 34.1 Å². The van der Waals surface area contributed by atoms with Crippen LogP contribution in [0, 0.1) is 0 Å². The minimum atomic E-state index is -0.565. The molecule has 0 aliphatic carbocycles. The number of nitrogens with one attached hydrogen (secondary N) is 3. The second-order valence-electron chi connectivity index (χ2n) is 13.2. The monoisotopic (exact) mass is 697 g/mol. The number of hydrogen-bond acceptors (Lipinski definition) is 5. The van der Waals surface area contributed by atoms with E-state index < -0.39 is 6.04 Å². The molecular weight excluding hydrogens is 654 g/mol. The summed E-state index contributed by atoms with van der Waals surface area (Å²) in [5.41, 5.74) is 5.48. The van der Waals surface area contributed by atoms with Gasteiger partial charge in [-0.1, -0.05) is 79.7 Å². The van der Waals surface area contributed by atoms with Crippen LogP contribution in [0.2, 0.25) is 0 Å². The Hall–Kier alpha value is -6.03. The van der Waals surface area contributed by atoms with Gasteiger partial charge in [0, 0.05) is 35.4 Å². The molecule has 4 aromatic carbocycles. The van der Waals surface area contributed by atoms with Crippen molar-refractivity contribution >= 4 is 51.7 Å². The van der Waals surface area contributed by atoms with E-state index in [1.807, 2.05) is 85.8 Å². The summed E-state index contributed by atoms with van der Waals surface area (Å²) in [6, 6.07) is 31.0. The van der Waals surface area contributed by atoms with Crippen LogP contribution in [0.1, 0.15) is 54.6 Å². The van der Waals surface area contributed by atoms with E-state index in [9.17, 15) is 24.0 Å². The molecule has 6 rings (SSSR count). The molecule has 1 aliphatic heterocycles. The molecule has 4 amide bonds. The zero-order valence-electron chi connectivity index (χ0n) is 29.5. The van der Waals surface area contributed by atoms with E-state index in [1.165, 1.54) is 6.92 Å². The minimum Gasteiger partial charge on any atom is -0.354 e. The molecule has 5 aromatic rings. The highest BCUT2D eigenvalue weighted by atomic mass is 16.2. The first-order chi connectivity index (χ1) is 25.2. The molecule has 1 fully saturated rings. The number of carbonyl (C=O) groups excluding carboxylic acids is 5. The number of fused-ring (bicyclic) bond motifs is 1. The summed E-state index contributed by atoms with van der Waals surface area (Å²) in [4.78, 5) is 72.1. The van der Waals surface area contributed by atoms with Crippen molar-refractivity contribution in [2.45, 2.75) is 52.0 Å². The number of H-pyrrole nitrogens is 1. The highest BCUT2D eigenvalue weighted by Crippen LogP contribution is 2.33. The van der Waals surface area contributed by atoms with Crippen molar-refractivity contribution in [3.8, 4) is 11.3 Å². The lowest BCUT2D eigenvalue weighted by atomic mass is 10.0. The van der Waals surface area contributed by atoms with E-state index in [0.29, 0.717) is 47.5 Å². The number of Topliss-reactive ketones (excluding diaryl/α,β-unsaturated/α-hetero) is 1. The first-order valence-corrected chi connectivity index (χ1v) is 17.7. The maximum Gasteiger partial charge on any atom is 0.247 e. The van der Waals surface area contributed by atoms with Gasteiger partial charge in [-0.3, -0.25) is 24.0 Å². The van der Waals surface area contributed by atoms with E-state index in [4.69, 9.17) is 0 Å². The maximum atomic E-state index is 13.4. The number of carbonyl (C=O) groups is 5. The smallest absolute Gasteiger partial charge is 0.247 e. The Morgan fingerprint density at radius 1 is 0.808 bits per heavy atom. The van der Waals surface area contributed by atoms with E-state index >= 15 is 0 Å². The van der Waals surface area contributed by atoms with Crippen LogP contribution in [0.3, 0.4) is 0 Å². The number of rotatable bonds is 13. The average molecular weight is 698 g/mol. The first kappa shape index (κ1) is 35.8. The minimum absolute atomic E-state index is 0.0561. The van der Waals surface area contributed by atoms with Crippen LogP contribution < -0.4 is 10.6 Å². The van der Waals surface area contributed by atoms with Crippen LogP contribution in [0.15, 0.2) is 103 Å². The first-order valence-electron chi connectivity index (χ1n) is 17.7. The Labute approximate surface area is 303 Å². The fraction of sp³-hybridized carbons (Fsp3) is 0.262. The summed E-state index contributed by atoms with van der Waals surface area (Å²) in [6.45, 7) is 4.43. The van der Waals surface area contributed by atoms with Crippen LogP contribution in [0.5, 0.6) is 0 Å². The van der Waals surface area contributed by atoms with Gasteiger partial charge in [0.05, 0.1) is 30.6 Å². The maximum absolute atomic E-state index is 13.4. The molecule has 1 aromatic heterocycles. The third-order valence-electron chi connectivity index (χ3n) is 9.33. The Balaban J connectivity index is 1.13. The summed E-state index contributed by atoms with van der Waals surface area (Å²) < 4.78 is 0. The van der Waals surface area contributed by atoms with Gasteiger partial charge >= 0.3 is 0 Å². The molecule has 52 heavy (non-hydrogen) atoms. The molecule has 0 saturated carbocycles. The predicted molar refractivity (Wildman–Crippen MR) is 203 cm³/mol. The number of ketones is 1. The fourth-order valence-electron chi connectivity index (χ4n) is 6.83. The summed E-state index contributed by atoms with van der Waals surface area (Å²) in [6.07, 6.45) is 2.54. The topological polar surface area (TPSA) is 132 Å². The number of benzene rings is 4. The van der Waals surface area contributed by atoms with Crippen molar-refractivity contribution in [2.24, 2.45) is 0 Å². The van der Waals surface area contributed by atoms with Crippen molar-refractivity contribution in [2.75, 3.05) is 30.3 Å². The van der Waals surface area contributed by atoms with E-state index in [2.05, 4.69) is 15.6 Å². The Bertz CT molecular complexity index is 2070. The Morgan fingerprint density at radius 3 is 2.12 bits per heavy atom. The van der Waals surface area contributed by atoms with Gasteiger partial charge in [-0.05, 0) is 73.2 Å². The zero-order chi connectivity index (χ0) is 36.6. The number of aromatic amines is 1. The molecule has 0 unspecified atom stereocenters. The quantitative estimate of drug-likeness (QED) is 0.119. The third kappa shape index (κ3) is 8.46. The second kappa shape index (κ2) is 16.3. The number of anilines is 2. The van der Waals surface area contributed by atoms with Crippen molar-refractivity contribution < 1.29 is 24.0 Å². The van der Waals surface area contributed by atoms with Crippen LogP contribution >= 0.6 is 0 Å². The molecule has 2 heterocycles. The standard InChI is InChI=1S/C42H43N5O5/c1-3-22-46(38(50)24-29-11-6-4-7-12-29)27-37(49)43-32-18-16-31(17-19-32)41-40(28(2)48)34-26-33(20-21-35(34)45-41)44-42(52)36-15-10-23-47(36)39(51)25-30-13-8-5-9-14-30/h4-9,11-14,16-21,26,36,45H,3,10,15,22-25,27H2,1-2H3,(H,43,49)(H,44,52)/t36-/m0/s1. The molecule has 1 atom stereocenters. The van der Waals surface area contributed by atoms with Crippen LogP contribution in [0.25, 0.3) is 22.2 Å². The normalized spacial score (nSPS) is 13.9. The van der Waals surface area contributed by atoms with Gasteiger partial charge in [-0.15, -0.1) is 0 Å². The molecule has 0 bridgehead atoms. The summed E-state index contributed by atoms with van der Waals surface area (Å²) in [5, 5.41) is 6.54. The number of nitrogens with zero attached hydrogens (tertiary/aromatic N) is 2. The molecule has 1 aliphatic rings. The van der Waals surface area contributed by atoms with Gasteiger partial charge in [0.1, 0.15) is 6.04 Å². The van der Waals surface area contributed by atoms with Gasteiger partial charge in [0.25, 0.3) is 0 Å². The molecule has 0 radical (unpaired) electrons. The van der Waals surface area contributed by atoms with Crippen molar-refractivity contribution in [1.29, 1.82) is 0 Å². The predicted octanol–water partition coefficient (Wildman–Crippen LogP) is 6.63. The molecular formula is C42H43N5O5. The van der Waals surface area contributed by atoms with Crippen LogP contribution in [0.4, 0.5) is 11.4 Å². The number of amides is 4. The van der Waals surface area contributed by atoms with Gasteiger partial charge in [-0.25, -0.2) is 0 Å². The van der Waals surface area contributed by atoms with Crippen molar-refractivity contribution in [3.63, 3.8) is 0 Å². The molecule has 0 spiro atoms. The van der Waals surface area contributed by atoms with Gasteiger partial charge < -0.3 is 25.4 Å². The van der Waals surface area contributed by atoms with Gasteiger partial charge in [-0.2, -0.15) is 0 Å². The highest BCUT2D eigenvalue weighted by molar-refractivity contribution is 6.13. The summed E-state index contributed by atoms with van der Waals surface area (Å²) in [5.74, 6) is -0.882. The van der Waals surface area contributed by atoms with Crippen molar-refractivity contribution in [3.05, 3.63) is 120 Å². The molecule has 10 nitrogen and oxygen atoms in total. The Morgan fingerprint density at radius 2 is 1.46 bits per heavy atom. The molecule has 1 saturated heterocycles. The fourth-order valence-corrected chi connectivity index (χ4v) is 6.83. The van der Waals surface area contributed by atoms with Crippen LogP contribution in [-0.4, -0.2) is 69.9 Å². The average Bonchev–Trinajstić information content (AvgIpc) is 3.79. The SMILES string of the molecule is CCCN(CC(=O)Nc1ccc(-c2[nH]c3ccc(NC(=O)[C@@H]4CCCN4C(=O)Cc4ccccc4)cc3c2C(C)=O)cc1)C(=O)Cc1ccccc1. The Kier molecular flexibility index (Phi) is 11.2. The molecule has 10 heteroatoms. The largest absolute Gasteiger partial charge is 0.354 e. The summed E-state index contributed by atoms with van der Waals surface area (Å²) >= 11 is 0.